The predicted molar refractivity (Wildman–Crippen MR) is 78.9 cm³/mol. The third-order valence-corrected chi connectivity index (χ3v) is 3.21. The Bertz CT molecular complexity index is 517. The van der Waals surface area contributed by atoms with Gasteiger partial charge in [-0.25, -0.2) is 0 Å². The van der Waals surface area contributed by atoms with Gasteiger partial charge < -0.3 is 5.73 Å². The molecule has 0 aliphatic rings. The fraction of sp³-hybridized carbons (Fsp3) is 0.235. The van der Waals surface area contributed by atoms with Crippen LogP contribution in [0, 0.1) is 0 Å². The third-order valence-electron chi connectivity index (χ3n) is 3.21. The number of carbonyl (C=O) groups is 1. The number of Topliss-reactive ketones (excluding diaryl/α,β-unsaturated/α-hetero) is 1. The number of rotatable bonds is 6. The van der Waals surface area contributed by atoms with Crippen molar-refractivity contribution in [2.45, 2.75) is 25.7 Å². The van der Waals surface area contributed by atoms with E-state index in [4.69, 9.17) is 5.73 Å². The number of nitrogens with two attached hydrogens (primary N) is 1. The number of anilines is 1. The molecule has 0 aliphatic heterocycles. The molecule has 0 radical (unpaired) electrons. The summed E-state index contributed by atoms with van der Waals surface area (Å²) in [4.78, 5) is 11.8. The number of aryl methyl sites for hydroxylation is 2. The zero-order valence-electron chi connectivity index (χ0n) is 11.0. The third kappa shape index (κ3) is 4.59. The van der Waals surface area contributed by atoms with Crippen LogP contribution in [-0.2, 0) is 17.6 Å². The lowest BCUT2D eigenvalue weighted by Gasteiger charge is -2.03. The van der Waals surface area contributed by atoms with Crippen molar-refractivity contribution in [1.82, 2.24) is 0 Å². The zero-order chi connectivity index (χ0) is 13.5. The van der Waals surface area contributed by atoms with Crippen LogP contribution in [0.15, 0.2) is 54.6 Å². The van der Waals surface area contributed by atoms with Gasteiger partial charge in [-0.2, -0.15) is 0 Å². The number of hydrogen-bond donors (Lipinski definition) is 1. The Labute approximate surface area is 114 Å². The van der Waals surface area contributed by atoms with Crippen LogP contribution in [0.1, 0.15) is 24.0 Å². The van der Waals surface area contributed by atoms with Crippen molar-refractivity contribution in [2.24, 2.45) is 0 Å². The summed E-state index contributed by atoms with van der Waals surface area (Å²) in [7, 11) is 0. The van der Waals surface area contributed by atoms with Gasteiger partial charge in [-0.15, -0.1) is 0 Å². The molecule has 0 atom stereocenters. The molecule has 2 aromatic carbocycles. The van der Waals surface area contributed by atoms with E-state index in [1.54, 1.807) is 0 Å². The van der Waals surface area contributed by atoms with Crippen LogP contribution in [0.2, 0.25) is 0 Å². The van der Waals surface area contributed by atoms with Gasteiger partial charge in [-0.1, -0.05) is 42.5 Å². The minimum atomic E-state index is 0.320. The van der Waals surface area contributed by atoms with E-state index in [1.165, 1.54) is 11.1 Å². The van der Waals surface area contributed by atoms with Crippen molar-refractivity contribution in [3.8, 4) is 0 Å². The average Bonchev–Trinajstić information content (AvgIpc) is 2.45. The lowest BCUT2D eigenvalue weighted by Crippen LogP contribution is -2.02. The van der Waals surface area contributed by atoms with Crippen molar-refractivity contribution < 1.29 is 4.79 Å². The lowest BCUT2D eigenvalue weighted by molar-refractivity contribution is -0.119. The molecule has 0 unspecified atom stereocenters. The van der Waals surface area contributed by atoms with Crippen LogP contribution in [0.4, 0.5) is 5.69 Å². The van der Waals surface area contributed by atoms with E-state index in [0.717, 1.165) is 18.5 Å². The van der Waals surface area contributed by atoms with E-state index in [0.29, 0.717) is 18.6 Å². The maximum absolute atomic E-state index is 11.8. The molecule has 0 saturated carbocycles. The molecule has 19 heavy (non-hydrogen) atoms. The van der Waals surface area contributed by atoms with Gasteiger partial charge >= 0.3 is 0 Å². The monoisotopic (exact) mass is 253 g/mol. The molecule has 2 nitrogen and oxygen atoms in total. The SMILES string of the molecule is Nc1ccc(CCC(=O)CCc2ccccc2)cc1. The molecule has 0 saturated heterocycles. The highest BCUT2D eigenvalue weighted by Crippen LogP contribution is 2.10. The molecule has 2 aromatic rings. The lowest BCUT2D eigenvalue weighted by atomic mass is 10.0. The van der Waals surface area contributed by atoms with Gasteiger partial charge in [-0.05, 0) is 36.1 Å². The molecule has 0 fully saturated rings. The summed E-state index contributed by atoms with van der Waals surface area (Å²) in [6, 6.07) is 17.9. The van der Waals surface area contributed by atoms with Crippen molar-refractivity contribution in [3.05, 3.63) is 65.7 Å². The summed E-state index contributed by atoms with van der Waals surface area (Å²) in [6.45, 7) is 0. The highest BCUT2D eigenvalue weighted by atomic mass is 16.1. The van der Waals surface area contributed by atoms with E-state index < -0.39 is 0 Å². The first kappa shape index (κ1) is 13.3. The van der Waals surface area contributed by atoms with Crippen molar-refractivity contribution >= 4 is 11.5 Å². The van der Waals surface area contributed by atoms with Gasteiger partial charge in [-0.3, -0.25) is 4.79 Å². The zero-order valence-corrected chi connectivity index (χ0v) is 11.0. The largest absolute Gasteiger partial charge is 0.399 e. The number of carbonyl (C=O) groups excluding carboxylic acids is 1. The van der Waals surface area contributed by atoms with Gasteiger partial charge in [0.2, 0.25) is 0 Å². The Morgan fingerprint density at radius 1 is 0.789 bits per heavy atom. The van der Waals surface area contributed by atoms with Crippen molar-refractivity contribution in [3.63, 3.8) is 0 Å². The molecule has 0 bridgehead atoms. The van der Waals surface area contributed by atoms with Crippen LogP contribution in [0.25, 0.3) is 0 Å². The van der Waals surface area contributed by atoms with Gasteiger partial charge in [0.25, 0.3) is 0 Å². The summed E-state index contributed by atoms with van der Waals surface area (Å²) >= 11 is 0. The molecule has 2 rings (SSSR count). The smallest absolute Gasteiger partial charge is 0.133 e. The maximum Gasteiger partial charge on any atom is 0.133 e. The van der Waals surface area contributed by atoms with Crippen LogP contribution < -0.4 is 5.73 Å². The van der Waals surface area contributed by atoms with Gasteiger partial charge in [0.05, 0.1) is 0 Å². The molecule has 98 valence electrons. The maximum atomic E-state index is 11.8. The number of ketones is 1. The van der Waals surface area contributed by atoms with Gasteiger partial charge in [0.15, 0.2) is 0 Å². The molecule has 2 heteroatoms. The molecule has 0 spiro atoms. The highest BCUT2D eigenvalue weighted by Gasteiger charge is 2.03. The predicted octanol–water partition coefficient (Wildman–Crippen LogP) is 3.40. The van der Waals surface area contributed by atoms with Gasteiger partial charge in [0, 0.05) is 18.5 Å². The minimum absolute atomic E-state index is 0.320. The van der Waals surface area contributed by atoms with E-state index in [-0.39, 0.29) is 0 Å². The van der Waals surface area contributed by atoms with Crippen LogP contribution in [-0.4, -0.2) is 5.78 Å². The first-order valence-corrected chi connectivity index (χ1v) is 6.64. The van der Waals surface area contributed by atoms with Gasteiger partial charge in [0.1, 0.15) is 5.78 Å². The molecule has 2 N–H and O–H groups in total. The van der Waals surface area contributed by atoms with E-state index >= 15 is 0 Å². The van der Waals surface area contributed by atoms with Crippen LogP contribution in [0.5, 0.6) is 0 Å². The second kappa shape index (κ2) is 6.74. The topological polar surface area (TPSA) is 43.1 Å². The van der Waals surface area contributed by atoms with Crippen LogP contribution in [0.3, 0.4) is 0 Å². The summed E-state index contributed by atoms with van der Waals surface area (Å²) < 4.78 is 0. The van der Waals surface area contributed by atoms with Crippen LogP contribution >= 0.6 is 0 Å². The minimum Gasteiger partial charge on any atom is -0.399 e. The summed E-state index contributed by atoms with van der Waals surface area (Å²) in [5, 5.41) is 0. The standard InChI is InChI=1S/C17H19NO/c18-16-10-6-15(7-11-16)9-13-17(19)12-8-14-4-2-1-3-5-14/h1-7,10-11H,8-9,12-13,18H2. The van der Waals surface area contributed by atoms with Crippen molar-refractivity contribution in [2.75, 3.05) is 5.73 Å². The Kier molecular flexibility index (Phi) is 4.73. The summed E-state index contributed by atoms with van der Waals surface area (Å²) in [6.07, 6.45) is 2.87. The first-order chi connectivity index (χ1) is 9.24. The second-order valence-corrected chi connectivity index (χ2v) is 4.77. The Morgan fingerprint density at radius 2 is 1.32 bits per heavy atom. The highest BCUT2D eigenvalue weighted by molar-refractivity contribution is 5.78. The quantitative estimate of drug-likeness (QED) is 0.802. The van der Waals surface area contributed by atoms with Crippen molar-refractivity contribution in [1.29, 1.82) is 0 Å². The van der Waals surface area contributed by atoms with E-state index in [1.807, 2.05) is 42.5 Å². The number of hydrogen-bond acceptors (Lipinski definition) is 2. The molecule has 0 amide bonds. The molecule has 0 aliphatic carbocycles. The Balaban J connectivity index is 1.74. The normalized spacial score (nSPS) is 10.3. The van der Waals surface area contributed by atoms with E-state index in [2.05, 4.69) is 12.1 Å². The molecule has 0 aromatic heterocycles. The first-order valence-electron chi connectivity index (χ1n) is 6.64. The fourth-order valence-corrected chi connectivity index (χ4v) is 2.02. The summed E-state index contributed by atoms with van der Waals surface area (Å²) in [5.74, 6) is 0.320. The number of nitrogen functional groups attached to an aromatic ring is 1. The molecule has 0 heterocycles. The Hall–Kier alpha value is -2.09. The number of benzene rings is 2. The molecular formula is C17H19NO. The fourth-order valence-electron chi connectivity index (χ4n) is 2.02. The Morgan fingerprint density at radius 3 is 1.89 bits per heavy atom. The summed E-state index contributed by atoms with van der Waals surface area (Å²) in [5.41, 5.74) is 8.78. The average molecular weight is 253 g/mol. The van der Waals surface area contributed by atoms with E-state index in [9.17, 15) is 4.79 Å². The second-order valence-electron chi connectivity index (χ2n) is 4.77. The molecular weight excluding hydrogens is 234 g/mol.